The fourth-order valence-corrected chi connectivity index (χ4v) is 4.78. The van der Waals surface area contributed by atoms with Gasteiger partial charge in [-0.05, 0) is 72.9 Å². The van der Waals surface area contributed by atoms with E-state index in [1.165, 1.54) is 11.8 Å². The molecule has 2 N–H and O–H groups in total. The topological polar surface area (TPSA) is 105 Å². The molecule has 1 aromatic heterocycles. The molecule has 8 heteroatoms. The Labute approximate surface area is 233 Å². The second-order valence-electron chi connectivity index (χ2n) is 10.3. The van der Waals surface area contributed by atoms with E-state index in [0.29, 0.717) is 47.4 Å². The van der Waals surface area contributed by atoms with E-state index in [2.05, 4.69) is 15.6 Å². The quantitative estimate of drug-likeness (QED) is 0.288. The van der Waals surface area contributed by atoms with E-state index in [1.54, 1.807) is 36.4 Å². The molecule has 2 heterocycles. The third-order valence-corrected chi connectivity index (χ3v) is 7.10. The van der Waals surface area contributed by atoms with E-state index in [9.17, 15) is 14.4 Å². The summed E-state index contributed by atoms with van der Waals surface area (Å²) >= 11 is 0. The highest BCUT2D eigenvalue weighted by atomic mass is 16.3. The normalized spacial score (nSPS) is 13.7. The van der Waals surface area contributed by atoms with Crippen molar-refractivity contribution in [3.8, 4) is 0 Å². The van der Waals surface area contributed by atoms with Gasteiger partial charge in [0.25, 0.3) is 17.7 Å². The van der Waals surface area contributed by atoms with Crippen LogP contribution in [-0.4, -0.2) is 40.7 Å². The van der Waals surface area contributed by atoms with Crippen LogP contribution in [0.2, 0.25) is 0 Å². The van der Waals surface area contributed by atoms with Crippen molar-refractivity contribution in [1.29, 1.82) is 0 Å². The Morgan fingerprint density at radius 3 is 2.00 bits per heavy atom. The van der Waals surface area contributed by atoms with Crippen molar-refractivity contribution >= 4 is 29.1 Å². The summed E-state index contributed by atoms with van der Waals surface area (Å²) in [6.07, 6.45) is 3.10. The molecule has 204 valence electrons. The molecule has 0 unspecified atom stereocenters. The van der Waals surface area contributed by atoms with E-state index < -0.39 is 0 Å². The lowest BCUT2D eigenvalue weighted by Crippen LogP contribution is -2.37. The molecule has 0 bridgehead atoms. The summed E-state index contributed by atoms with van der Waals surface area (Å²) in [6.45, 7) is 5.25. The Morgan fingerprint density at radius 1 is 0.800 bits per heavy atom. The van der Waals surface area contributed by atoms with Crippen LogP contribution in [0, 0.1) is 0 Å². The number of benzene rings is 3. The van der Waals surface area contributed by atoms with E-state index in [-0.39, 0.29) is 29.3 Å². The Bertz CT molecular complexity index is 1470. The molecule has 0 saturated carbocycles. The SMILES string of the molecule is CC(C)c1nc(C(=O)Nc2ccc(C3CCN(C(=O)c4ccc(NC(=O)c5ccccc5)cc4)CC3)cc2)co1. The van der Waals surface area contributed by atoms with Crippen LogP contribution >= 0.6 is 0 Å². The van der Waals surface area contributed by atoms with Crippen LogP contribution in [0.3, 0.4) is 0 Å². The second-order valence-corrected chi connectivity index (χ2v) is 10.3. The summed E-state index contributed by atoms with van der Waals surface area (Å²) < 4.78 is 5.36. The molecule has 0 spiro atoms. The number of nitrogens with zero attached hydrogens (tertiary/aromatic N) is 2. The highest BCUT2D eigenvalue weighted by Gasteiger charge is 2.25. The van der Waals surface area contributed by atoms with Gasteiger partial charge >= 0.3 is 0 Å². The average molecular weight is 537 g/mol. The second kappa shape index (κ2) is 12.0. The van der Waals surface area contributed by atoms with Crippen molar-refractivity contribution < 1.29 is 18.8 Å². The fourth-order valence-electron chi connectivity index (χ4n) is 4.78. The molecule has 1 aliphatic rings. The van der Waals surface area contributed by atoms with Gasteiger partial charge in [-0.25, -0.2) is 4.98 Å². The fraction of sp³-hybridized carbons (Fsp3) is 0.250. The van der Waals surface area contributed by atoms with E-state index >= 15 is 0 Å². The molecule has 3 amide bonds. The summed E-state index contributed by atoms with van der Waals surface area (Å²) in [7, 11) is 0. The van der Waals surface area contributed by atoms with E-state index in [1.807, 2.05) is 61.2 Å². The number of carbonyl (C=O) groups is 3. The maximum absolute atomic E-state index is 13.1. The zero-order chi connectivity index (χ0) is 28.1. The lowest BCUT2D eigenvalue weighted by atomic mass is 9.89. The first-order chi connectivity index (χ1) is 19.4. The van der Waals surface area contributed by atoms with Crippen molar-refractivity contribution in [3.05, 3.63) is 113 Å². The van der Waals surface area contributed by atoms with Crippen molar-refractivity contribution in [2.75, 3.05) is 23.7 Å². The van der Waals surface area contributed by atoms with Gasteiger partial charge in [0.2, 0.25) is 0 Å². The van der Waals surface area contributed by atoms with Crippen LogP contribution in [0.5, 0.6) is 0 Å². The standard InChI is InChI=1S/C32H32N4O4/c1-21(2)31-35-28(20-40-31)30(38)34-27-12-8-22(9-13-27)23-16-18-36(19-17-23)32(39)25-10-14-26(15-11-25)33-29(37)24-6-4-3-5-7-24/h3-15,20-21,23H,16-19H2,1-2H3,(H,33,37)(H,34,38). The number of rotatable bonds is 7. The first-order valence-electron chi connectivity index (χ1n) is 13.5. The minimum absolute atomic E-state index is 0.00840. The van der Waals surface area contributed by atoms with Gasteiger partial charge in [-0.15, -0.1) is 0 Å². The molecular weight excluding hydrogens is 504 g/mol. The molecule has 1 saturated heterocycles. The number of aromatic nitrogens is 1. The third kappa shape index (κ3) is 6.29. The van der Waals surface area contributed by atoms with E-state index in [4.69, 9.17) is 4.42 Å². The Balaban J connectivity index is 1.11. The lowest BCUT2D eigenvalue weighted by molar-refractivity contribution is 0.0712. The van der Waals surface area contributed by atoms with Gasteiger partial charge in [0.15, 0.2) is 11.6 Å². The number of anilines is 2. The zero-order valence-corrected chi connectivity index (χ0v) is 22.6. The van der Waals surface area contributed by atoms with Gasteiger partial charge in [-0.2, -0.15) is 0 Å². The molecule has 1 fully saturated rings. The highest BCUT2D eigenvalue weighted by Crippen LogP contribution is 2.30. The minimum Gasteiger partial charge on any atom is -0.448 e. The largest absolute Gasteiger partial charge is 0.448 e. The van der Waals surface area contributed by atoms with Crippen LogP contribution in [0.25, 0.3) is 0 Å². The zero-order valence-electron chi connectivity index (χ0n) is 22.6. The van der Waals surface area contributed by atoms with Crippen LogP contribution in [-0.2, 0) is 0 Å². The van der Waals surface area contributed by atoms with Crippen LogP contribution in [0.1, 0.15) is 81.2 Å². The molecule has 0 atom stereocenters. The summed E-state index contributed by atoms with van der Waals surface area (Å²) in [5, 5.41) is 5.73. The van der Waals surface area contributed by atoms with Crippen molar-refractivity contribution in [3.63, 3.8) is 0 Å². The highest BCUT2D eigenvalue weighted by molar-refractivity contribution is 6.04. The van der Waals surface area contributed by atoms with Crippen molar-refractivity contribution in [2.45, 2.75) is 38.5 Å². The summed E-state index contributed by atoms with van der Waals surface area (Å²) in [4.78, 5) is 44.1. The number of hydrogen-bond acceptors (Lipinski definition) is 5. The predicted octanol–water partition coefficient (Wildman–Crippen LogP) is 6.32. The molecule has 5 rings (SSSR count). The first kappa shape index (κ1) is 26.9. The first-order valence-corrected chi connectivity index (χ1v) is 13.5. The summed E-state index contributed by atoms with van der Waals surface area (Å²) in [6, 6.07) is 23.9. The van der Waals surface area contributed by atoms with Gasteiger partial charge in [0, 0.05) is 41.5 Å². The molecule has 40 heavy (non-hydrogen) atoms. The number of oxazole rings is 1. The van der Waals surface area contributed by atoms with Gasteiger partial charge in [0.05, 0.1) is 0 Å². The molecule has 0 aliphatic carbocycles. The molecular formula is C32H32N4O4. The number of carbonyl (C=O) groups excluding carboxylic acids is 3. The molecule has 8 nitrogen and oxygen atoms in total. The van der Waals surface area contributed by atoms with Crippen LogP contribution in [0.4, 0.5) is 11.4 Å². The van der Waals surface area contributed by atoms with Gasteiger partial charge < -0.3 is 20.0 Å². The smallest absolute Gasteiger partial charge is 0.277 e. The number of nitrogens with one attached hydrogen (secondary N) is 2. The average Bonchev–Trinajstić information content (AvgIpc) is 3.50. The van der Waals surface area contributed by atoms with Crippen LogP contribution in [0.15, 0.2) is 89.5 Å². The van der Waals surface area contributed by atoms with Crippen molar-refractivity contribution in [1.82, 2.24) is 9.88 Å². The van der Waals surface area contributed by atoms with Crippen LogP contribution < -0.4 is 10.6 Å². The third-order valence-electron chi connectivity index (χ3n) is 7.10. The lowest BCUT2D eigenvalue weighted by Gasteiger charge is -2.32. The maximum atomic E-state index is 13.1. The Kier molecular flexibility index (Phi) is 8.05. The molecule has 1 aliphatic heterocycles. The monoisotopic (exact) mass is 536 g/mol. The summed E-state index contributed by atoms with van der Waals surface area (Å²) in [5.41, 5.74) is 3.97. The molecule has 4 aromatic rings. The molecule has 3 aromatic carbocycles. The minimum atomic E-state index is -0.304. The Hall–Kier alpha value is -4.72. The number of amides is 3. The number of likely N-dealkylation sites (tertiary alicyclic amines) is 1. The van der Waals surface area contributed by atoms with Gasteiger partial charge in [-0.1, -0.05) is 44.2 Å². The van der Waals surface area contributed by atoms with Gasteiger partial charge in [0.1, 0.15) is 6.26 Å². The number of piperidine rings is 1. The predicted molar refractivity (Wildman–Crippen MR) is 154 cm³/mol. The van der Waals surface area contributed by atoms with Crippen molar-refractivity contribution in [2.24, 2.45) is 0 Å². The molecule has 0 radical (unpaired) electrons. The summed E-state index contributed by atoms with van der Waals surface area (Å²) in [5.74, 6) is 0.491. The van der Waals surface area contributed by atoms with Gasteiger partial charge in [-0.3, -0.25) is 14.4 Å². The maximum Gasteiger partial charge on any atom is 0.277 e. The Morgan fingerprint density at radius 2 is 1.40 bits per heavy atom. The number of hydrogen-bond donors (Lipinski definition) is 2. The van der Waals surface area contributed by atoms with E-state index in [0.717, 1.165) is 12.8 Å².